The first-order chi connectivity index (χ1) is 30.2. The van der Waals surface area contributed by atoms with Crippen LogP contribution in [0, 0.1) is 11.3 Å². The Morgan fingerprint density at radius 2 is 1.47 bits per heavy atom. The zero-order valence-corrected chi connectivity index (χ0v) is 36.8. The molecule has 6 aromatic rings. The van der Waals surface area contributed by atoms with Crippen molar-refractivity contribution in [2.75, 3.05) is 32.8 Å². The van der Waals surface area contributed by atoms with Crippen molar-refractivity contribution in [3.8, 4) is 17.6 Å². The number of amides is 1. The van der Waals surface area contributed by atoms with Crippen LogP contribution in [0.3, 0.4) is 0 Å². The van der Waals surface area contributed by atoms with E-state index < -0.39 is 32.6 Å². The third kappa shape index (κ3) is 9.67. The summed E-state index contributed by atoms with van der Waals surface area (Å²) in [5.74, 6) is 1.55. The number of hydrogen-bond donors (Lipinski definition) is 1. The van der Waals surface area contributed by atoms with Gasteiger partial charge in [0.1, 0.15) is 47.2 Å². The Labute approximate surface area is 364 Å². The van der Waals surface area contributed by atoms with Crippen LogP contribution in [-0.2, 0) is 24.1 Å². The second kappa shape index (κ2) is 20.4. The highest BCUT2D eigenvalue weighted by Crippen LogP contribution is 2.51. The molecule has 4 atom stereocenters. The van der Waals surface area contributed by atoms with E-state index in [1.54, 1.807) is 26.4 Å². The molecule has 1 aliphatic rings. The van der Waals surface area contributed by atoms with Crippen LogP contribution in [0.2, 0.25) is 0 Å². The maximum absolute atomic E-state index is 13.2. The van der Waals surface area contributed by atoms with Crippen LogP contribution in [0.15, 0.2) is 128 Å². The summed E-state index contributed by atoms with van der Waals surface area (Å²) in [6.45, 7) is 8.76. The summed E-state index contributed by atoms with van der Waals surface area (Å²) in [5, 5.41) is 13.1. The molecule has 1 aliphatic heterocycles. The Bertz CT molecular complexity index is 2350. The number of methoxy groups -OCH3 is 2. The number of nitriles is 1. The molecule has 3 heterocycles. The van der Waals surface area contributed by atoms with Crippen LogP contribution in [0.25, 0.3) is 11.0 Å². The maximum atomic E-state index is 13.2. The van der Waals surface area contributed by atoms with Gasteiger partial charge in [0.25, 0.3) is 14.4 Å². The molecule has 1 N–H and O–H groups in total. The fraction of sp³-hybridized carbons (Fsp3) is 0.333. The van der Waals surface area contributed by atoms with Crippen LogP contribution in [0.1, 0.15) is 73.8 Å². The van der Waals surface area contributed by atoms with Gasteiger partial charge in [0.15, 0.2) is 0 Å². The number of nitrogens with zero attached hydrogens (tertiary/aromatic N) is 5. The van der Waals surface area contributed by atoms with Gasteiger partial charge in [-0.25, -0.2) is 14.6 Å². The maximum Gasteiger partial charge on any atom is 0.259 e. The Hall–Kier alpha value is -5.71. The molecule has 1 unspecified atom stereocenters. The van der Waals surface area contributed by atoms with Crippen molar-refractivity contribution in [3.63, 3.8) is 0 Å². The summed E-state index contributed by atoms with van der Waals surface area (Å²) in [5.41, 5.74) is 2.67. The Kier molecular flexibility index (Phi) is 14.6. The quantitative estimate of drug-likeness (QED) is 0.0473. The number of benzene rings is 4. The Balaban J connectivity index is 1.28. The van der Waals surface area contributed by atoms with Crippen molar-refractivity contribution in [1.29, 1.82) is 5.26 Å². The van der Waals surface area contributed by atoms with E-state index in [1.807, 2.05) is 102 Å². The largest absolute Gasteiger partial charge is 0.497 e. The Morgan fingerprint density at radius 3 is 2.05 bits per heavy atom. The monoisotopic (exact) mass is 856 g/mol. The van der Waals surface area contributed by atoms with Crippen molar-refractivity contribution >= 4 is 31.3 Å². The van der Waals surface area contributed by atoms with Crippen molar-refractivity contribution in [1.82, 2.24) is 19.2 Å². The number of nitrogens with one attached hydrogen (secondary N) is 1. The lowest BCUT2D eigenvalue weighted by Crippen LogP contribution is -2.39. The zero-order valence-electron chi connectivity index (χ0n) is 35.9. The first kappa shape index (κ1) is 44.3. The van der Waals surface area contributed by atoms with Gasteiger partial charge in [-0.3, -0.25) is 4.79 Å². The minimum absolute atomic E-state index is 0.0847. The number of aromatic nitrogens is 3. The summed E-state index contributed by atoms with van der Waals surface area (Å²) < 4.78 is 43.2. The third-order valence-corrected chi connectivity index (χ3v) is 12.9. The van der Waals surface area contributed by atoms with E-state index in [9.17, 15) is 10.1 Å². The second-order valence-corrected chi connectivity index (χ2v) is 16.8. The molecule has 7 rings (SSSR count). The van der Waals surface area contributed by atoms with E-state index in [4.69, 9.17) is 28.0 Å². The van der Waals surface area contributed by atoms with Gasteiger partial charge in [-0.1, -0.05) is 72.8 Å². The van der Waals surface area contributed by atoms with E-state index in [0.29, 0.717) is 28.8 Å². The number of carbonyl (C=O) groups is 1. The van der Waals surface area contributed by atoms with Gasteiger partial charge in [0, 0.05) is 30.3 Å². The molecule has 1 amide bonds. The standard InChI is InChI=1S/C48H53N6O7P/c1-33(2)54(34(3)4)62(59-29-13-27-49)61-42-30-44(53-28-26-41-45(50-32-51-46(41)53)52-47(55)35-14-9-7-10-15-35)60-43(42)31-58-48(36-16-11-8-12-17-36,37-18-22-39(56-5)23-19-37)38-20-24-40(57-6)25-21-38/h7-12,14-26,28,32-34,42-44H,13,29-31H2,1-6H3,(H,50,51,52,55)/t42-,43+,44+,62?/m1/s1. The van der Waals surface area contributed by atoms with Gasteiger partial charge < -0.3 is 37.9 Å². The fourth-order valence-corrected chi connectivity index (χ4v) is 9.65. The van der Waals surface area contributed by atoms with Gasteiger partial charge in [0.2, 0.25) is 0 Å². The van der Waals surface area contributed by atoms with Gasteiger partial charge in [-0.2, -0.15) is 5.26 Å². The van der Waals surface area contributed by atoms with Gasteiger partial charge in [0.05, 0.1) is 51.4 Å². The number of hydrogen-bond acceptors (Lipinski definition) is 11. The van der Waals surface area contributed by atoms with Crippen molar-refractivity contribution < 1.29 is 32.8 Å². The topological polar surface area (TPSA) is 142 Å². The van der Waals surface area contributed by atoms with Crippen molar-refractivity contribution in [2.45, 2.75) is 76.7 Å². The lowest BCUT2D eigenvalue weighted by Gasteiger charge is -2.39. The van der Waals surface area contributed by atoms with Gasteiger partial charge in [-0.05, 0) is 86.8 Å². The highest BCUT2D eigenvalue weighted by atomic mass is 31.2. The van der Waals surface area contributed by atoms with E-state index in [0.717, 1.165) is 28.2 Å². The van der Waals surface area contributed by atoms with E-state index >= 15 is 0 Å². The average Bonchev–Trinajstić information content (AvgIpc) is 3.92. The van der Waals surface area contributed by atoms with Crippen molar-refractivity contribution in [2.24, 2.45) is 0 Å². The van der Waals surface area contributed by atoms with Gasteiger partial charge in [-0.15, -0.1) is 0 Å². The molecule has 2 aromatic heterocycles. The molecule has 14 heteroatoms. The molecule has 0 radical (unpaired) electrons. The number of carbonyl (C=O) groups excluding carboxylic acids is 1. The Morgan fingerprint density at radius 1 is 0.871 bits per heavy atom. The van der Waals surface area contributed by atoms with Crippen LogP contribution in [-0.4, -0.2) is 76.8 Å². The number of anilines is 1. The summed E-state index contributed by atoms with van der Waals surface area (Å²) in [6.07, 6.45) is 2.30. The molecule has 4 aromatic carbocycles. The molecule has 322 valence electrons. The lowest BCUT2D eigenvalue weighted by atomic mass is 9.80. The predicted molar refractivity (Wildman–Crippen MR) is 239 cm³/mol. The minimum Gasteiger partial charge on any atom is -0.497 e. The molecular weight excluding hydrogens is 804 g/mol. The summed E-state index contributed by atoms with van der Waals surface area (Å²) >= 11 is 0. The first-order valence-electron chi connectivity index (χ1n) is 20.7. The molecular formula is C48H53N6O7P. The second-order valence-electron chi connectivity index (χ2n) is 15.4. The predicted octanol–water partition coefficient (Wildman–Crippen LogP) is 9.66. The van der Waals surface area contributed by atoms with E-state index in [2.05, 4.69) is 65.9 Å². The lowest BCUT2D eigenvalue weighted by molar-refractivity contribution is -0.0911. The van der Waals surface area contributed by atoms with Gasteiger partial charge >= 0.3 is 0 Å². The highest BCUT2D eigenvalue weighted by molar-refractivity contribution is 7.44. The van der Waals surface area contributed by atoms with Crippen LogP contribution < -0.4 is 14.8 Å². The fourth-order valence-electron chi connectivity index (χ4n) is 7.90. The minimum atomic E-state index is -1.65. The zero-order chi connectivity index (χ0) is 43.6. The normalized spacial score (nSPS) is 17.1. The van der Waals surface area contributed by atoms with Crippen LogP contribution >= 0.6 is 8.53 Å². The molecule has 62 heavy (non-hydrogen) atoms. The molecule has 0 aliphatic carbocycles. The SMILES string of the molecule is COc1ccc(C(OC[C@@H]2O[C@H](n3ccc4c(NC(=O)c5ccccc5)ncnc43)C[C@H]2OP(OCCC#N)N(C(C)C)C(C)C)(c2ccccc2)c2ccc(OC)cc2)cc1. The first-order valence-corrected chi connectivity index (χ1v) is 21.9. The van der Waals surface area contributed by atoms with Crippen LogP contribution in [0.4, 0.5) is 5.82 Å². The molecule has 0 saturated carbocycles. The molecule has 13 nitrogen and oxygen atoms in total. The summed E-state index contributed by atoms with van der Waals surface area (Å²) in [7, 11) is 1.65. The average molecular weight is 857 g/mol. The van der Waals surface area contributed by atoms with E-state index in [-0.39, 0.29) is 37.6 Å². The molecule has 1 saturated heterocycles. The number of fused-ring (bicyclic) bond motifs is 1. The highest BCUT2D eigenvalue weighted by Gasteiger charge is 2.45. The summed E-state index contributed by atoms with van der Waals surface area (Å²) in [4.78, 5) is 22.3. The van der Waals surface area contributed by atoms with Crippen LogP contribution in [0.5, 0.6) is 11.5 Å². The number of rotatable bonds is 19. The molecule has 0 bridgehead atoms. The van der Waals surface area contributed by atoms with E-state index in [1.165, 1.54) is 6.33 Å². The van der Waals surface area contributed by atoms with Crippen molar-refractivity contribution in [3.05, 3.63) is 150 Å². The number of ether oxygens (including phenoxy) is 4. The third-order valence-electron chi connectivity index (χ3n) is 10.8. The smallest absolute Gasteiger partial charge is 0.259 e. The summed E-state index contributed by atoms with van der Waals surface area (Å²) in [6, 6.07) is 39.2. The molecule has 1 fully saturated rings. The molecule has 0 spiro atoms.